The number of carbonyl (C=O) groups excluding carboxylic acids is 2. The summed E-state index contributed by atoms with van der Waals surface area (Å²) < 4.78 is 53.1. The standard InChI is InChI=1S/C26H28AsClFN3O6S2/c1-37-25-19(32-9-3-2-4-24(32)33)10-16(29)11-22(25)40(35,36)27-18(26(34)30-14-15-5-6-15)12-17-13-20(38-31-17)21-7-8-23(28)39-21/h7-8,10-11,13,15,18,27H,2-6,9,12,14H2,1H3,(H,30,34)/t18-/m0/s1. The first-order chi connectivity index (χ1) is 19.1. The quantitative estimate of drug-likeness (QED) is 0.300. The summed E-state index contributed by atoms with van der Waals surface area (Å²) in [4.78, 5) is 27.6. The molecular formula is C26H28AsClFN3O6S2. The van der Waals surface area contributed by atoms with Crippen molar-refractivity contribution >= 4 is 63.1 Å². The number of ether oxygens (including phenoxy) is 1. The molecule has 9 nitrogen and oxygen atoms in total. The number of halogens is 2. The molecule has 2 aliphatic rings. The number of nitrogens with zero attached hydrogens (tertiary/aromatic N) is 2. The van der Waals surface area contributed by atoms with E-state index in [1.54, 1.807) is 18.2 Å². The number of hydrogen-bond donors (Lipinski definition) is 1. The third-order valence-electron chi connectivity index (χ3n) is 6.77. The summed E-state index contributed by atoms with van der Waals surface area (Å²) in [6.45, 7) is 0.814. The van der Waals surface area contributed by atoms with E-state index in [0.29, 0.717) is 47.6 Å². The van der Waals surface area contributed by atoms with E-state index in [-0.39, 0.29) is 41.0 Å². The summed E-state index contributed by atoms with van der Waals surface area (Å²) in [5.74, 6) is -0.631. The van der Waals surface area contributed by atoms with Crippen LogP contribution >= 0.6 is 22.9 Å². The van der Waals surface area contributed by atoms with Gasteiger partial charge in [-0.2, -0.15) is 0 Å². The van der Waals surface area contributed by atoms with Gasteiger partial charge in [0.2, 0.25) is 0 Å². The molecular weight excluding hydrogens is 644 g/mol. The molecule has 3 aromatic rings. The number of carbonyl (C=O) groups is 2. The maximum atomic E-state index is 14.8. The zero-order valence-corrected chi connectivity index (χ0v) is 26.1. The molecule has 40 heavy (non-hydrogen) atoms. The zero-order valence-electron chi connectivity index (χ0n) is 21.6. The van der Waals surface area contributed by atoms with Crippen LogP contribution in [0.4, 0.5) is 10.1 Å². The van der Waals surface area contributed by atoms with Gasteiger partial charge in [-0.25, -0.2) is 0 Å². The van der Waals surface area contributed by atoms with Crippen molar-refractivity contribution in [2.45, 2.75) is 48.1 Å². The topological polar surface area (TPSA) is 119 Å². The molecule has 214 valence electrons. The van der Waals surface area contributed by atoms with Crippen LogP contribution < -0.4 is 15.0 Å². The Bertz CT molecular complexity index is 1520. The molecule has 3 heterocycles. The number of rotatable bonds is 11. The van der Waals surface area contributed by atoms with Crippen molar-refractivity contribution in [2.24, 2.45) is 5.92 Å². The van der Waals surface area contributed by atoms with E-state index in [4.69, 9.17) is 20.9 Å². The molecule has 2 atom stereocenters. The molecule has 1 saturated carbocycles. The molecule has 0 spiro atoms. The number of benzene rings is 1. The van der Waals surface area contributed by atoms with Crippen molar-refractivity contribution in [3.05, 3.63) is 46.2 Å². The normalized spacial score (nSPS) is 17.0. The fourth-order valence-electron chi connectivity index (χ4n) is 4.53. The Labute approximate surface area is 246 Å². The second-order valence-corrected chi connectivity index (χ2v) is 19.5. The van der Waals surface area contributed by atoms with Gasteiger partial charge in [0.05, 0.1) is 0 Å². The van der Waals surface area contributed by atoms with Crippen LogP contribution in [-0.2, 0) is 24.1 Å². The van der Waals surface area contributed by atoms with Crippen molar-refractivity contribution in [3.8, 4) is 16.4 Å². The van der Waals surface area contributed by atoms with E-state index < -0.39 is 33.2 Å². The number of aromatic nitrogens is 1. The van der Waals surface area contributed by atoms with E-state index >= 15 is 0 Å². The Hall–Kier alpha value is -2.40. The molecule has 1 aromatic carbocycles. The Morgan fingerprint density at radius 1 is 1.32 bits per heavy atom. The van der Waals surface area contributed by atoms with Crippen LogP contribution in [0.5, 0.6) is 5.75 Å². The third kappa shape index (κ3) is 6.73. The van der Waals surface area contributed by atoms with Gasteiger partial charge in [0, 0.05) is 0 Å². The Kier molecular flexibility index (Phi) is 8.89. The Balaban J connectivity index is 1.44. The minimum atomic E-state index is -4.15. The number of methoxy groups -OCH3 is 1. The van der Waals surface area contributed by atoms with Crippen LogP contribution in [0, 0.1) is 11.7 Å². The van der Waals surface area contributed by atoms with Crippen molar-refractivity contribution in [3.63, 3.8) is 0 Å². The van der Waals surface area contributed by atoms with Crippen LogP contribution in [0.25, 0.3) is 10.6 Å². The monoisotopic (exact) mass is 671 g/mol. The molecule has 2 fully saturated rings. The summed E-state index contributed by atoms with van der Waals surface area (Å²) >= 11 is 5.20. The van der Waals surface area contributed by atoms with Crippen LogP contribution in [0.15, 0.2) is 39.8 Å². The Morgan fingerprint density at radius 3 is 2.80 bits per heavy atom. The average molecular weight is 672 g/mol. The zero-order chi connectivity index (χ0) is 28.4. The molecule has 2 amide bonds. The maximum absolute atomic E-state index is 14.8. The molecule has 0 radical (unpaired) electrons. The summed E-state index contributed by atoms with van der Waals surface area (Å²) in [6, 6.07) is 7.22. The fourth-order valence-corrected chi connectivity index (χ4v) is 12.9. The van der Waals surface area contributed by atoms with Crippen molar-refractivity contribution in [1.82, 2.24) is 10.5 Å². The molecule has 1 aliphatic heterocycles. The van der Waals surface area contributed by atoms with Gasteiger partial charge in [0.25, 0.3) is 0 Å². The SMILES string of the molecule is COc1c(N2CCCCC2=O)cc(F)cc1S(=O)(=O)[AsH][C@@H](Cc1cc(-c2ccc(Cl)s2)on1)C(=O)NCC1CC1. The molecule has 5 rings (SSSR count). The van der Waals surface area contributed by atoms with Gasteiger partial charge in [-0.05, 0) is 0 Å². The fraction of sp³-hybridized carbons (Fsp3) is 0.423. The molecule has 1 unspecified atom stereocenters. The number of nitrogens with one attached hydrogen (secondary N) is 1. The predicted molar refractivity (Wildman–Crippen MR) is 152 cm³/mol. The van der Waals surface area contributed by atoms with Crippen LogP contribution in [0.1, 0.15) is 37.8 Å². The van der Waals surface area contributed by atoms with Crippen LogP contribution in [0.3, 0.4) is 0 Å². The molecule has 1 saturated heterocycles. The predicted octanol–water partition coefficient (Wildman–Crippen LogP) is 4.40. The summed E-state index contributed by atoms with van der Waals surface area (Å²) in [5.41, 5.74) is 0.513. The minimum absolute atomic E-state index is 0.0352. The summed E-state index contributed by atoms with van der Waals surface area (Å²) in [5, 5.41) is 6.96. The van der Waals surface area contributed by atoms with E-state index in [1.165, 1.54) is 23.3 Å². The van der Waals surface area contributed by atoms with Crippen LogP contribution in [-0.4, -0.2) is 60.2 Å². The first-order valence-electron chi connectivity index (χ1n) is 12.8. The third-order valence-corrected chi connectivity index (χ3v) is 15.6. The number of piperidine rings is 1. The van der Waals surface area contributed by atoms with Crippen molar-refractivity contribution < 1.29 is 31.7 Å². The molecule has 0 bridgehead atoms. The average Bonchev–Trinajstić information content (AvgIpc) is 3.47. The van der Waals surface area contributed by atoms with Crippen molar-refractivity contribution in [1.29, 1.82) is 0 Å². The van der Waals surface area contributed by atoms with Gasteiger partial charge >= 0.3 is 247 Å². The van der Waals surface area contributed by atoms with E-state index in [9.17, 15) is 22.4 Å². The number of hydrogen-bond acceptors (Lipinski definition) is 8. The molecule has 1 aliphatic carbocycles. The van der Waals surface area contributed by atoms with Gasteiger partial charge in [0.15, 0.2) is 0 Å². The first kappa shape index (κ1) is 29.1. The molecule has 1 N–H and O–H groups in total. The number of anilines is 1. The Morgan fingerprint density at radius 2 is 2.12 bits per heavy atom. The van der Waals surface area contributed by atoms with Crippen molar-refractivity contribution in [2.75, 3.05) is 25.1 Å². The van der Waals surface area contributed by atoms with Crippen LogP contribution in [0.2, 0.25) is 9.04 Å². The van der Waals surface area contributed by atoms with E-state index in [0.717, 1.165) is 29.9 Å². The van der Waals surface area contributed by atoms with Gasteiger partial charge in [-0.15, -0.1) is 0 Å². The van der Waals surface area contributed by atoms with Gasteiger partial charge in [0.1, 0.15) is 0 Å². The van der Waals surface area contributed by atoms with E-state index in [2.05, 4.69) is 10.5 Å². The first-order valence-corrected chi connectivity index (χ1v) is 19.3. The number of thiophene rings is 1. The second-order valence-electron chi connectivity index (χ2n) is 9.81. The summed E-state index contributed by atoms with van der Waals surface area (Å²) in [6.07, 6.45) is 3.79. The second kappa shape index (κ2) is 12.2. The number of amides is 2. The molecule has 14 heteroatoms. The summed E-state index contributed by atoms with van der Waals surface area (Å²) in [7, 11) is -2.86. The van der Waals surface area contributed by atoms with Gasteiger partial charge < -0.3 is 0 Å². The molecule has 2 aromatic heterocycles. The van der Waals surface area contributed by atoms with Gasteiger partial charge in [-0.1, -0.05) is 0 Å². The van der Waals surface area contributed by atoms with Gasteiger partial charge in [-0.3, -0.25) is 0 Å². The van der Waals surface area contributed by atoms with E-state index in [1.807, 2.05) is 0 Å².